The van der Waals surface area contributed by atoms with Crippen LogP contribution in [0.3, 0.4) is 0 Å². The van der Waals surface area contributed by atoms with E-state index in [1.165, 1.54) is 19.2 Å². The molecule has 0 atom stereocenters. The Balaban J connectivity index is 2.38. The van der Waals surface area contributed by atoms with Gasteiger partial charge in [0.15, 0.2) is 23.1 Å². The lowest BCUT2D eigenvalue weighted by atomic mass is 10.2. The number of nitriles is 1. The van der Waals surface area contributed by atoms with Crippen molar-refractivity contribution in [3.63, 3.8) is 0 Å². The Kier molecular flexibility index (Phi) is 3.71. The number of hydrogen-bond acceptors (Lipinski definition) is 4. The molecule has 0 aliphatic heterocycles. The molecule has 0 amide bonds. The Morgan fingerprint density at radius 2 is 1.80 bits per heavy atom. The summed E-state index contributed by atoms with van der Waals surface area (Å²) in [6.07, 6.45) is 0. The van der Waals surface area contributed by atoms with Crippen molar-refractivity contribution in [2.45, 2.75) is 0 Å². The minimum Gasteiger partial charge on any atom is -0.497 e. The molecule has 0 aromatic heterocycles. The van der Waals surface area contributed by atoms with Crippen LogP contribution < -0.4 is 15.2 Å². The molecule has 0 heterocycles. The Hall–Kier alpha value is -2.81. The van der Waals surface area contributed by atoms with Crippen LogP contribution in [0.4, 0.5) is 14.5 Å². The van der Waals surface area contributed by atoms with Gasteiger partial charge in [-0.25, -0.2) is 8.78 Å². The summed E-state index contributed by atoms with van der Waals surface area (Å²) in [5, 5.41) is 8.61. The molecule has 2 aromatic rings. The third-order valence-electron chi connectivity index (χ3n) is 2.56. The number of ether oxygens (including phenoxy) is 2. The van der Waals surface area contributed by atoms with Crippen LogP contribution in [0.2, 0.25) is 0 Å². The average molecular weight is 276 g/mol. The van der Waals surface area contributed by atoms with Crippen LogP contribution in [-0.4, -0.2) is 7.11 Å². The summed E-state index contributed by atoms with van der Waals surface area (Å²) in [4.78, 5) is 0. The normalized spacial score (nSPS) is 9.90. The van der Waals surface area contributed by atoms with E-state index in [0.717, 1.165) is 12.1 Å². The third-order valence-corrected chi connectivity index (χ3v) is 2.56. The fraction of sp³-hybridized carbons (Fsp3) is 0.0714. The molecule has 0 bridgehead atoms. The van der Waals surface area contributed by atoms with Gasteiger partial charge in [0, 0.05) is 6.07 Å². The zero-order chi connectivity index (χ0) is 14.7. The molecule has 2 N–H and O–H groups in total. The van der Waals surface area contributed by atoms with Crippen molar-refractivity contribution in [1.82, 2.24) is 0 Å². The maximum absolute atomic E-state index is 13.7. The standard InChI is InChI=1S/C14H10F2N2O2/c1-19-9-2-3-13(12(18)6-9)20-14-10(15)4-8(7-17)5-11(14)16/h2-6H,18H2,1H3. The van der Waals surface area contributed by atoms with Gasteiger partial charge in [0.25, 0.3) is 0 Å². The highest BCUT2D eigenvalue weighted by atomic mass is 19.1. The van der Waals surface area contributed by atoms with Gasteiger partial charge in [-0.15, -0.1) is 0 Å². The Labute approximate surface area is 114 Å². The van der Waals surface area contributed by atoms with Crippen LogP contribution >= 0.6 is 0 Å². The maximum Gasteiger partial charge on any atom is 0.198 e. The molecule has 2 aromatic carbocycles. The average Bonchev–Trinajstić information content (AvgIpc) is 2.43. The highest BCUT2D eigenvalue weighted by Gasteiger charge is 2.15. The van der Waals surface area contributed by atoms with Gasteiger partial charge in [-0.05, 0) is 24.3 Å². The van der Waals surface area contributed by atoms with Crippen molar-refractivity contribution in [2.75, 3.05) is 12.8 Å². The van der Waals surface area contributed by atoms with Gasteiger partial charge in [0.05, 0.1) is 24.4 Å². The predicted molar refractivity (Wildman–Crippen MR) is 68.6 cm³/mol. The Morgan fingerprint density at radius 1 is 1.15 bits per heavy atom. The monoisotopic (exact) mass is 276 g/mol. The van der Waals surface area contributed by atoms with Gasteiger partial charge >= 0.3 is 0 Å². The van der Waals surface area contributed by atoms with E-state index in [-0.39, 0.29) is 17.0 Å². The quantitative estimate of drug-likeness (QED) is 0.874. The predicted octanol–water partition coefficient (Wildman–Crippen LogP) is 3.22. The van der Waals surface area contributed by atoms with Gasteiger partial charge < -0.3 is 15.2 Å². The number of methoxy groups -OCH3 is 1. The van der Waals surface area contributed by atoms with Crippen molar-refractivity contribution in [3.05, 3.63) is 47.5 Å². The molecule has 0 aliphatic carbocycles. The zero-order valence-electron chi connectivity index (χ0n) is 10.5. The maximum atomic E-state index is 13.7. The summed E-state index contributed by atoms with van der Waals surface area (Å²) in [6, 6.07) is 7.87. The number of rotatable bonds is 3. The zero-order valence-corrected chi connectivity index (χ0v) is 10.5. The first-order valence-electron chi connectivity index (χ1n) is 5.55. The molecule has 0 fully saturated rings. The second kappa shape index (κ2) is 5.45. The van der Waals surface area contributed by atoms with Gasteiger partial charge in [0.1, 0.15) is 5.75 Å². The third kappa shape index (κ3) is 2.62. The number of anilines is 1. The summed E-state index contributed by atoms with van der Waals surface area (Å²) < 4.78 is 37.4. The molecule has 0 spiro atoms. The Morgan fingerprint density at radius 3 is 2.30 bits per heavy atom. The molecule has 4 nitrogen and oxygen atoms in total. The number of nitrogens with zero attached hydrogens (tertiary/aromatic N) is 1. The SMILES string of the molecule is COc1ccc(Oc2c(F)cc(C#N)cc2F)c(N)c1. The van der Waals surface area contributed by atoms with Crippen molar-refractivity contribution in [1.29, 1.82) is 5.26 Å². The van der Waals surface area contributed by atoms with Crippen LogP contribution in [0.5, 0.6) is 17.2 Å². The number of benzene rings is 2. The van der Waals surface area contributed by atoms with E-state index in [0.29, 0.717) is 5.75 Å². The first-order chi connectivity index (χ1) is 9.55. The van der Waals surface area contributed by atoms with E-state index in [1.54, 1.807) is 12.1 Å². The summed E-state index contributed by atoms with van der Waals surface area (Å²) in [7, 11) is 1.47. The van der Waals surface area contributed by atoms with Crippen molar-refractivity contribution < 1.29 is 18.3 Å². The van der Waals surface area contributed by atoms with E-state index in [2.05, 4.69) is 0 Å². The fourth-order valence-corrected chi connectivity index (χ4v) is 1.58. The summed E-state index contributed by atoms with van der Waals surface area (Å²) in [5.74, 6) is -1.97. The van der Waals surface area contributed by atoms with Crippen LogP contribution in [0.25, 0.3) is 0 Å². The smallest absolute Gasteiger partial charge is 0.198 e. The number of halogens is 2. The molecule has 0 saturated carbocycles. The van der Waals surface area contributed by atoms with Gasteiger partial charge in [0.2, 0.25) is 0 Å². The van der Waals surface area contributed by atoms with E-state index in [9.17, 15) is 8.78 Å². The molecule has 0 saturated heterocycles. The summed E-state index contributed by atoms with van der Waals surface area (Å²) >= 11 is 0. The topological polar surface area (TPSA) is 68.3 Å². The minimum absolute atomic E-state index is 0.0910. The van der Waals surface area contributed by atoms with E-state index in [4.69, 9.17) is 20.5 Å². The first kappa shape index (κ1) is 13.6. The fourth-order valence-electron chi connectivity index (χ4n) is 1.58. The number of nitrogen functional groups attached to an aromatic ring is 1. The Bertz CT molecular complexity index is 673. The lowest BCUT2D eigenvalue weighted by Crippen LogP contribution is -1.97. The van der Waals surface area contributed by atoms with Gasteiger partial charge in [-0.3, -0.25) is 0 Å². The molecule has 20 heavy (non-hydrogen) atoms. The van der Waals surface area contributed by atoms with Crippen molar-refractivity contribution in [2.24, 2.45) is 0 Å². The van der Waals surface area contributed by atoms with Crippen LogP contribution in [-0.2, 0) is 0 Å². The second-order valence-electron chi connectivity index (χ2n) is 3.89. The van der Waals surface area contributed by atoms with E-state index < -0.39 is 17.4 Å². The largest absolute Gasteiger partial charge is 0.497 e. The highest BCUT2D eigenvalue weighted by Crippen LogP contribution is 2.33. The van der Waals surface area contributed by atoms with Crippen molar-refractivity contribution >= 4 is 5.69 Å². The summed E-state index contributed by atoms with van der Waals surface area (Å²) in [6.45, 7) is 0. The molecule has 0 radical (unpaired) electrons. The van der Waals surface area contributed by atoms with Crippen LogP contribution in [0.1, 0.15) is 5.56 Å². The number of hydrogen-bond donors (Lipinski definition) is 1. The lowest BCUT2D eigenvalue weighted by molar-refractivity contribution is 0.402. The van der Waals surface area contributed by atoms with Crippen molar-refractivity contribution in [3.8, 4) is 23.3 Å². The second-order valence-corrected chi connectivity index (χ2v) is 3.89. The van der Waals surface area contributed by atoms with E-state index >= 15 is 0 Å². The molecule has 0 aliphatic rings. The molecule has 2 rings (SSSR count). The minimum atomic E-state index is -0.975. The van der Waals surface area contributed by atoms with Crippen LogP contribution in [0, 0.1) is 23.0 Å². The highest BCUT2D eigenvalue weighted by molar-refractivity contribution is 5.57. The molecule has 6 heteroatoms. The molecular weight excluding hydrogens is 266 g/mol. The van der Waals surface area contributed by atoms with E-state index in [1.807, 2.05) is 0 Å². The van der Waals surface area contributed by atoms with Crippen LogP contribution in [0.15, 0.2) is 30.3 Å². The first-order valence-corrected chi connectivity index (χ1v) is 5.55. The van der Waals surface area contributed by atoms with Gasteiger partial charge in [-0.1, -0.05) is 0 Å². The lowest BCUT2D eigenvalue weighted by Gasteiger charge is -2.11. The van der Waals surface area contributed by atoms with Gasteiger partial charge in [-0.2, -0.15) is 5.26 Å². The molecular formula is C14H10F2N2O2. The molecule has 0 unspecified atom stereocenters. The summed E-state index contributed by atoms with van der Waals surface area (Å²) in [5.41, 5.74) is 5.74. The molecule has 102 valence electrons. The number of nitrogens with two attached hydrogens (primary N) is 1.